The fourth-order valence-electron chi connectivity index (χ4n) is 2.92. The topological polar surface area (TPSA) is 119 Å². The van der Waals surface area contributed by atoms with Crippen LogP contribution < -0.4 is 22.1 Å². The van der Waals surface area contributed by atoms with E-state index in [0.29, 0.717) is 18.2 Å². The number of halogens is 1. The summed E-state index contributed by atoms with van der Waals surface area (Å²) in [6.07, 6.45) is 0.762. The molecule has 0 aliphatic carbocycles. The van der Waals surface area contributed by atoms with Gasteiger partial charge in [-0.1, -0.05) is 13.8 Å². The Bertz CT molecular complexity index is 990. The van der Waals surface area contributed by atoms with Gasteiger partial charge >= 0.3 is 0 Å². The van der Waals surface area contributed by atoms with Gasteiger partial charge in [0.1, 0.15) is 5.82 Å². The molecule has 3 aromatic rings. The number of rotatable bonds is 8. The number of primary amides is 1. The highest BCUT2D eigenvalue weighted by Gasteiger charge is 2.19. The molecule has 2 heterocycles. The number of nitrogens with zero attached hydrogens (tertiary/aromatic N) is 2. The fraction of sp³-hybridized carbons (Fsp3) is 0.316. The summed E-state index contributed by atoms with van der Waals surface area (Å²) in [6.45, 7) is 4.46. The van der Waals surface area contributed by atoms with Crippen LogP contribution in [0.4, 0.5) is 21.7 Å². The third-order valence-electron chi connectivity index (χ3n) is 4.22. The summed E-state index contributed by atoms with van der Waals surface area (Å²) < 4.78 is 15.6. The van der Waals surface area contributed by atoms with E-state index < -0.39 is 11.7 Å². The molecule has 0 aliphatic rings. The van der Waals surface area contributed by atoms with Gasteiger partial charge in [-0.2, -0.15) is 0 Å². The molecule has 0 aliphatic heterocycles. The second-order valence-electron chi connectivity index (χ2n) is 6.95. The minimum Gasteiger partial charge on any atom is -0.365 e. The summed E-state index contributed by atoms with van der Waals surface area (Å²) in [5, 5.41) is 6.08. The zero-order valence-corrected chi connectivity index (χ0v) is 16.5. The second-order valence-corrected chi connectivity index (χ2v) is 7.83. The van der Waals surface area contributed by atoms with E-state index in [1.165, 1.54) is 11.3 Å². The Kier molecular flexibility index (Phi) is 6.05. The Morgan fingerprint density at radius 2 is 2.07 bits per heavy atom. The van der Waals surface area contributed by atoms with Crippen molar-refractivity contribution in [1.82, 2.24) is 9.97 Å². The number of amides is 1. The monoisotopic (exact) mass is 402 g/mol. The maximum absolute atomic E-state index is 14.5. The van der Waals surface area contributed by atoms with Crippen LogP contribution in [-0.4, -0.2) is 28.5 Å². The molecule has 6 N–H and O–H groups in total. The molecule has 2 aromatic heterocycles. The van der Waals surface area contributed by atoms with Crippen molar-refractivity contribution in [3.63, 3.8) is 0 Å². The van der Waals surface area contributed by atoms with Crippen molar-refractivity contribution >= 4 is 44.8 Å². The summed E-state index contributed by atoms with van der Waals surface area (Å²) in [4.78, 5) is 20.3. The van der Waals surface area contributed by atoms with Crippen LogP contribution in [0.25, 0.3) is 10.2 Å². The van der Waals surface area contributed by atoms with Crippen LogP contribution in [0.1, 0.15) is 30.6 Å². The van der Waals surface area contributed by atoms with Crippen molar-refractivity contribution in [2.45, 2.75) is 26.3 Å². The van der Waals surface area contributed by atoms with E-state index in [2.05, 4.69) is 34.4 Å². The first-order valence-electron chi connectivity index (χ1n) is 8.94. The van der Waals surface area contributed by atoms with E-state index in [1.54, 1.807) is 5.51 Å². The van der Waals surface area contributed by atoms with E-state index in [1.807, 2.05) is 18.2 Å². The summed E-state index contributed by atoms with van der Waals surface area (Å²) in [7, 11) is 0. The van der Waals surface area contributed by atoms with Crippen molar-refractivity contribution in [3.8, 4) is 0 Å². The van der Waals surface area contributed by atoms with Crippen LogP contribution in [0.2, 0.25) is 0 Å². The Labute approximate surface area is 166 Å². The normalized spacial score (nSPS) is 12.3. The van der Waals surface area contributed by atoms with Gasteiger partial charge in [-0.25, -0.2) is 14.4 Å². The van der Waals surface area contributed by atoms with Gasteiger partial charge in [0.2, 0.25) is 0 Å². The highest BCUT2D eigenvalue weighted by Crippen LogP contribution is 2.27. The number of pyridine rings is 1. The molecule has 9 heteroatoms. The van der Waals surface area contributed by atoms with Crippen molar-refractivity contribution in [3.05, 3.63) is 41.2 Å². The first-order chi connectivity index (χ1) is 13.4. The van der Waals surface area contributed by atoms with E-state index in [4.69, 9.17) is 11.5 Å². The van der Waals surface area contributed by atoms with Crippen molar-refractivity contribution in [2.24, 2.45) is 17.4 Å². The van der Waals surface area contributed by atoms with Gasteiger partial charge in [0.25, 0.3) is 5.91 Å². The van der Waals surface area contributed by atoms with Crippen LogP contribution in [-0.2, 0) is 0 Å². The molecule has 7 nitrogen and oxygen atoms in total. The molecule has 0 fully saturated rings. The highest BCUT2D eigenvalue weighted by atomic mass is 32.1. The largest absolute Gasteiger partial charge is 0.365 e. The molecule has 0 saturated heterocycles. The number of carbonyl (C=O) groups is 1. The molecule has 3 rings (SSSR count). The summed E-state index contributed by atoms with van der Waals surface area (Å²) >= 11 is 1.53. The van der Waals surface area contributed by atoms with Crippen LogP contribution in [0.15, 0.2) is 29.8 Å². The van der Waals surface area contributed by atoms with E-state index in [-0.39, 0.29) is 23.2 Å². The Morgan fingerprint density at radius 3 is 2.75 bits per heavy atom. The van der Waals surface area contributed by atoms with Crippen molar-refractivity contribution in [2.75, 3.05) is 17.2 Å². The molecule has 0 spiro atoms. The fourth-order valence-corrected chi connectivity index (χ4v) is 3.58. The Morgan fingerprint density at radius 1 is 1.29 bits per heavy atom. The zero-order chi connectivity index (χ0) is 20.3. The highest BCUT2D eigenvalue weighted by molar-refractivity contribution is 7.16. The molecular formula is C19H23FN6OS. The van der Waals surface area contributed by atoms with Crippen molar-refractivity contribution < 1.29 is 9.18 Å². The third kappa shape index (κ3) is 4.55. The Balaban J connectivity index is 1.94. The van der Waals surface area contributed by atoms with Gasteiger partial charge in [0.05, 0.1) is 21.3 Å². The average molecular weight is 402 g/mol. The smallest absolute Gasteiger partial charge is 0.252 e. The lowest BCUT2D eigenvalue weighted by atomic mass is 10.0. The van der Waals surface area contributed by atoms with Crippen LogP contribution in [0.5, 0.6) is 0 Å². The first-order valence-corrected chi connectivity index (χ1v) is 9.82. The standard InChI is InChI=1S/C19H23FN6OS/c1-10(2)5-12(8-21)25-19-14(20)7-13(17(22)27)18(26-19)24-11-3-4-16-15(6-11)23-9-28-16/h3-4,6-7,9-10,12H,5,8,21H2,1-2H3,(H2,22,27)(H2,24,25,26)/t12-/m1/s1. The number of fused-ring (bicyclic) bond motifs is 1. The van der Waals surface area contributed by atoms with Gasteiger partial charge in [0, 0.05) is 18.3 Å². The van der Waals surface area contributed by atoms with Gasteiger partial charge in [0.15, 0.2) is 11.6 Å². The summed E-state index contributed by atoms with van der Waals surface area (Å²) in [5.74, 6) is -0.842. The summed E-state index contributed by atoms with van der Waals surface area (Å²) in [5.41, 5.74) is 14.4. The molecule has 0 bridgehead atoms. The minimum atomic E-state index is -0.771. The number of nitrogens with one attached hydrogen (secondary N) is 2. The maximum Gasteiger partial charge on any atom is 0.252 e. The molecule has 1 amide bonds. The lowest BCUT2D eigenvalue weighted by Crippen LogP contribution is -2.31. The second kappa shape index (κ2) is 8.49. The number of hydrogen-bond donors (Lipinski definition) is 4. The quantitative estimate of drug-likeness (QED) is 0.458. The van der Waals surface area contributed by atoms with Crippen LogP contribution in [0.3, 0.4) is 0 Å². The maximum atomic E-state index is 14.5. The summed E-state index contributed by atoms with van der Waals surface area (Å²) in [6, 6.07) is 6.53. The number of hydrogen-bond acceptors (Lipinski definition) is 7. The molecular weight excluding hydrogens is 379 g/mol. The van der Waals surface area contributed by atoms with Gasteiger partial charge in [-0.05, 0) is 36.6 Å². The van der Waals surface area contributed by atoms with E-state index in [9.17, 15) is 9.18 Å². The number of benzene rings is 1. The average Bonchev–Trinajstić information content (AvgIpc) is 3.10. The molecule has 0 saturated carbocycles. The number of carbonyl (C=O) groups excluding carboxylic acids is 1. The number of anilines is 3. The Hall–Kier alpha value is -2.78. The molecule has 1 atom stereocenters. The van der Waals surface area contributed by atoms with Crippen molar-refractivity contribution in [1.29, 1.82) is 0 Å². The first kappa shape index (κ1) is 20.0. The minimum absolute atomic E-state index is 0.0262. The predicted molar refractivity (Wildman–Crippen MR) is 112 cm³/mol. The number of aromatic nitrogens is 2. The predicted octanol–water partition coefficient (Wildman–Crippen LogP) is 3.46. The van der Waals surface area contributed by atoms with Crippen LogP contribution in [0, 0.1) is 11.7 Å². The molecule has 0 unspecified atom stereocenters. The third-order valence-corrected chi connectivity index (χ3v) is 5.03. The SMILES string of the molecule is CC(C)C[C@H](CN)Nc1nc(Nc2ccc3scnc3c2)c(C(N)=O)cc1F. The lowest BCUT2D eigenvalue weighted by Gasteiger charge is -2.21. The molecule has 28 heavy (non-hydrogen) atoms. The number of nitrogens with two attached hydrogens (primary N) is 2. The zero-order valence-electron chi connectivity index (χ0n) is 15.7. The number of thiazole rings is 1. The van der Waals surface area contributed by atoms with Gasteiger partial charge in [-0.15, -0.1) is 11.3 Å². The van der Waals surface area contributed by atoms with Gasteiger partial charge in [-0.3, -0.25) is 4.79 Å². The molecule has 0 radical (unpaired) electrons. The van der Waals surface area contributed by atoms with E-state index in [0.717, 1.165) is 22.7 Å². The van der Waals surface area contributed by atoms with Gasteiger partial charge < -0.3 is 22.1 Å². The molecule has 148 valence electrons. The lowest BCUT2D eigenvalue weighted by molar-refractivity contribution is 0.100. The van der Waals surface area contributed by atoms with Crippen LogP contribution >= 0.6 is 11.3 Å². The van der Waals surface area contributed by atoms with E-state index >= 15 is 0 Å². The molecule has 1 aromatic carbocycles.